The molecule has 0 bridgehead atoms. The van der Waals surface area contributed by atoms with Crippen LogP contribution in [0, 0.1) is 17.1 Å². The van der Waals surface area contributed by atoms with Crippen LogP contribution in [-0.4, -0.2) is 48.6 Å². The maximum absolute atomic E-state index is 14.3. The monoisotopic (exact) mass is 444 g/mol. The fraction of sp³-hybridized carbons (Fsp3) is 0.409. The lowest BCUT2D eigenvalue weighted by molar-refractivity contribution is -0.151. The molecule has 1 aliphatic heterocycles. The van der Waals surface area contributed by atoms with Gasteiger partial charge in [0.25, 0.3) is 0 Å². The lowest BCUT2D eigenvalue weighted by Crippen LogP contribution is -2.39. The number of nitriles is 1. The van der Waals surface area contributed by atoms with E-state index in [0.29, 0.717) is 37.4 Å². The fourth-order valence-corrected chi connectivity index (χ4v) is 3.16. The summed E-state index contributed by atoms with van der Waals surface area (Å²) in [5.41, 5.74) is 0.378. The SMILES string of the molecule is COc1c(OC2CCN(OC(=O)OC(C)C)CC2)ccnc1Nc1ccc(C#N)cc1F. The molecule has 3 rings (SSSR count). The number of hydroxylamine groups is 2. The summed E-state index contributed by atoms with van der Waals surface area (Å²) in [6.07, 6.45) is 1.67. The number of aromatic nitrogens is 1. The lowest BCUT2D eigenvalue weighted by atomic mass is 10.1. The highest BCUT2D eigenvalue weighted by molar-refractivity contribution is 5.67. The van der Waals surface area contributed by atoms with Crippen molar-refractivity contribution in [1.82, 2.24) is 10.0 Å². The first kappa shape index (κ1) is 23.1. The van der Waals surface area contributed by atoms with Gasteiger partial charge in [-0.15, -0.1) is 5.06 Å². The van der Waals surface area contributed by atoms with Gasteiger partial charge in [-0.3, -0.25) is 0 Å². The van der Waals surface area contributed by atoms with Crippen molar-refractivity contribution in [3.05, 3.63) is 41.8 Å². The Balaban J connectivity index is 1.63. The number of piperidine rings is 1. The number of nitrogens with zero attached hydrogens (tertiary/aromatic N) is 3. The summed E-state index contributed by atoms with van der Waals surface area (Å²) in [5.74, 6) is 0.487. The van der Waals surface area contributed by atoms with Crippen molar-refractivity contribution in [2.75, 3.05) is 25.5 Å². The van der Waals surface area contributed by atoms with Crippen molar-refractivity contribution in [2.24, 2.45) is 0 Å². The molecule has 2 aromatic rings. The van der Waals surface area contributed by atoms with Gasteiger partial charge in [0.1, 0.15) is 11.9 Å². The zero-order valence-electron chi connectivity index (χ0n) is 18.1. The van der Waals surface area contributed by atoms with Gasteiger partial charge >= 0.3 is 6.16 Å². The number of nitrogens with one attached hydrogen (secondary N) is 1. The Morgan fingerprint density at radius 3 is 2.69 bits per heavy atom. The summed E-state index contributed by atoms with van der Waals surface area (Å²) >= 11 is 0. The van der Waals surface area contributed by atoms with E-state index in [1.54, 1.807) is 25.0 Å². The van der Waals surface area contributed by atoms with Gasteiger partial charge in [-0.05, 0) is 32.0 Å². The number of benzene rings is 1. The number of hydrogen-bond donors (Lipinski definition) is 1. The van der Waals surface area contributed by atoms with Gasteiger partial charge < -0.3 is 24.4 Å². The second-order valence-corrected chi connectivity index (χ2v) is 7.38. The number of anilines is 2. The molecule has 1 aliphatic rings. The molecule has 0 aliphatic carbocycles. The summed E-state index contributed by atoms with van der Waals surface area (Å²) in [5, 5.41) is 13.3. The summed E-state index contributed by atoms with van der Waals surface area (Å²) in [6.45, 7) is 4.49. The summed E-state index contributed by atoms with van der Waals surface area (Å²) in [7, 11) is 1.47. The van der Waals surface area contributed by atoms with Crippen molar-refractivity contribution < 1.29 is 28.2 Å². The molecule has 170 valence electrons. The van der Waals surface area contributed by atoms with E-state index in [0.717, 1.165) is 6.07 Å². The first-order valence-electron chi connectivity index (χ1n) is 10.2. The molecule has 1 saturated heterocycles. The van der Waals surface area contributed by atoms with Crippen LogP contribution in [0.2, 0.25) is 0 Å². The number of hydrogen-bond acceptors (Lipinski definition) is 9. The Kier molecular flexibility index (Phi) is 7.68. The molecule has 1 aromatic carbocycles. The third kappa shape index (κ3) is 5.98. The number of methoxy groups -OCH3 is 1. The van der Waals surface area contributed by atoms with Gasteiger partial charge in [-0.2, -0.15) is 5.26 Å². The molecule has 0 amide bonds. The van der Waals surface area contributed by atoms with Crippen LogP contribution in [0.15, 0.2) is 30.5 Å². The Morgan fingerprint density at radius 2 is 2.06 bits per heavy atom. The van der Waals surface area contributed by atoms with Crippen molar-refractivity contribution in [3.63, 3.8) is 0 Å². The van der Waals surface area contributed by atoms with Gasteiger partial charge in [-0.25, -0.2) is 14.2 Å². The van der Waals surface area contributed by atoms with Gasteiger partial charge in [0.2, 0.25) is 5.75 Å². The van der Waals surface area contributed by atoms with E-state index < -0.39 is 12.0 Å². The molecule has 0 atom stereocenters. The Bertz CT molecular complexity index is 987. The van der Waals surface area contributed by atoms with E-state index in [9.17, 15) is 9.18 Å². The number of rotatable bonds is 7. The topological polar surface area (TPSA) is 106 Å². The zero-order chi connectivity index (χ0) is 23.1. The molecule has 1 aromatic heterocycles. The molecule has 10 heteroatoms. The average Bonchev–Trinajstić information content (AvgIpc) is 2.76. The van der Waals surface area contributed by atoms with Crippen molar-refractivity contribution in [1.29, 1.82) is 5.26 Å². The van der Waals surface area contributed by atoms with Crippen molar-refractivity contribution in [2.45, 2.75) is 38.9 Å². The van der Waals surface area contributed by atoms with Crippen LogP contribution in [0.1, 0.15) is 32.3 Å². The molecule has 9 nitrogen and oxygen atoms in total. The molecule has 0 unspecified atom stereocenters. The maximum Gasteiger partial charge on any atom is 0.528 e. The van der Waals surface area contributed by atoms with E-state index >= 15 is 0 Å². The third-order valence-electron chi connectivity index (χ3n) is 4.65. The number of ether oxygens (including phenoxy) is 3. The van der Waals surface area contributed by atoms with Gasteiger partial charge in [0, 0.05) is 38.2 Å². The average molecular weight is 444 g/mol. The maximum atomic E-state index is 14.3. The van der Waals surface area contributed by atoms with E-state index in [2.05, 4.69) is 10.3 Å². The van der Waals surface area contributed by atoms with Crippen LogP contribution in [0.25, 0.3) is 0 Å². The molecule has 1 fully saturated rings. The Hall–Kier alpha value is -3.58. The van der Waals surface area contributed by atoms with Crippen LogP contribution in [0.4, 0.5) is 20.7 Å². The quantitative estimate of drug-likeness (QED) is 0.630. The van der Waals surface area contributed by atoms with Gasteiger partial charge in [-0.1, -0.05) is 0 Å². The molecule has 0 radical (unpaired) electrons. The number of halogens is 1. The molecule has 0 saturated carbocycles. The predicted octanol–water partition coefficient (Wildman–Crippen LogP) is 4.16. The first-order chi connectivity index (χ1) is 15.4. The van der Waals surface area contributed by atoms with Crippen LogP contribution in [0.5, 0.6) is 11.5 Å². The second-order valence-electron chi connectivity index (χ2n) is 7.38. The van der Waals surface area contributed by atoms with Gasteiger partial charge in [0.15, 0.2) is 11.6 Å². The fourth-order valence-electron chi connectivity index (χ4n) is 3.16. The number of carbonyl (C=O) groups excluding carboxylic acids is 1. The van der Waals surface area contributed by atoms with E-state index in [1.807, 2.05) is 6.07 Å². The predicted molar refractivity (Wildman–Crippen MR) is 113 cm³/mol. The molecule has 0 spiro atoms. The second kappa shape index (κ2) is 10.6. The van der Waals surface area contributed by atoms with Crippen molar-refractivity contribution >= 4 is 17.7 Å². The van der Waals surface area contributed by atoms with Crippen LogP contribution < -0.4 is 14.8 Å². The standard InChI is InChI=1S/C22H25FN4O5/c1-14(2)30-22(28)32-27-10-7-16(8-11-27)31-19-6-9-25-21(20(19)29-3)26-18-5-4-15(13-24)12-17(18)23/h4-6,9,12,14,16H,7-8,10-11H2,1-3H3,(H,25,26). The Labute approximate surface area is 185 Å². The highest BCUT2D eigenvalue weighted by atomic mass is 19.1. The minimum atomic E-state index is -0.721. The highest BCUT2D eigenvalue weighted by Gasteiger charge is 2.25. The molecular weight excluding hydrogens is 419 g/mol. The summed E-state index contributed by atoms with van der Waals surface area (Å²) in [4.78, 5) is 21.0. The largest absolute Gasteiger partial charge is 0.528 e. The minimum absolute atomic E-state index is 0.133. The van der Waals surface area contributed by atoms with Crippen LogP contribution in [-0.2, 0) is 9.57 Å². The van der Waals surface area contributed by atoms with Gasteiger partial charge in [0.05, 0.1) is 30.5 Å². The van der Waals surface area contributed by atoms with Crippen LogP contribution >= 0.6 is 0 Å². The Morgan fingerprint density at radius 1 is 1.31 bits per heavy atom. The van der Waals surface area contributed by atoms with E-state index in [-0.39, 0.29) is 29.3 Å². The normalized spacial score (nSPS) is 14.5. The summed E-state index contributed by atoms with van der Waals surface area (Å²) in [6, 6.07) is 7.67. The lowest BCUT2D eigenvalue weighted by Gasteiger charge is -2.30. The summed E-state index contributed by atoms with van der Waals surface area (Å²) < 4.78 is 30.8. The zero-order valence-corrected chi connectivity index (χ0v) is 18.1. The molecular formula is C22H25FN4O5. The molecule has 1 N–H and O–H groups in total. The number of pyridine rings is 1. The van der Waals surface area contributed by atoms with Crippen molar-refractivity contribution in [3.8, 4) is 17.6 Å². The molecule has 2 heterocycles. The minimum Gasteiger partial charge on any atom is -0.490 e. The van der Waals surface area contributed by atoms with Crippen LogP contribution in [0.3, 0.4) is 0 Å². The third-order valence-corrected chi connectivity index (χ3v) is 4.65. The smallest absolute Gasteiger partial charge is 0.490 e. The van der Waals surface area contributed by atoms with E-state index in [1.165, 1.54) is 25.4 Å². The molecule has 32 heavy (non-hydrogen) atoms. The van der Waals surface area contributed by atoms with E-state index in [4.69, 9.17) is 24.3 Å². The highest BCUT2D eigenvalue weighted by Crippen LogP contribution is 2.36. The first-order valence-corrected chi connectivity index (χ1v) is 10.2. The number of carbonyl (C=O) groups is 1.